The summed E-state index contributed by atoms with van der Waals surface area (Å²) in [6.45, 7) is 0. The van der Waals surface area contributed by atoms with Crippen LogP contribution in [0.15, 0.2) is 60.7 Å². The fourth-order valence-electron chi connectivity index (χ4n) is 1.60. The number of carbonyl (C=O) groups excluding carboxylic acids is 2. The molecule has 0 saturated heterocycles. The molecule has 0 radical (unpaired) electrons. The second-order valence-electron chi connectivity index (χ2n) is 3.76. The van der Waals surface area contributed by atoms with Crippen molar-refractivity contribution < 1.29 is 9.59 Å². The first kappa shape index (κ1) is 14.7. The molecule has 0 aromatic heterocycles. The van der Waals surface area contributed by atoms with E-state index >= 15 is 0 Å². The first-order chi connectivity index (χ1) is 8.27. The Hall–Kier alpha value is -1.35. The molecule has 0 N–H and O–H groups in total. The van der Waals surface area contributed by atoms with Crippen molar-refractivity contribution in [3.63, 3.8) is 0 Å². The molecule has 2 rings (SSSR count). The van der Waals surface area contributed by atoms with Crippen molar-refractivity contribution in [1.29, 1.82) is 0 Å². The molecule has 0 fully saturated rings. The van der Waals surface area contributed by atoms with Crippen LogP contribution in [-0.4, -0.2) is 37.4 Å². The Balaban J connectivity index is 0.00000162. The standard InChI is InChI=1S/C15H12O2.In.3H/c16-14(12-7-3-1-4-8-12)11-15(17)13-9-5-2-6-10-13;;;;/h1-10H,11H2;;;;. The van der Waals surface area contributed by atoms with E-state index in [1.807, 2.05) is 12.1 Å². The van der Waals surface area contributed by atoms with Gasteiger partial charge in [-0.2, -0.15) is 0 Å². The van der Waals surface area contributed by atoms with Crippen molar-refractivity contribution >= 4 is 37.4 Å². The van der Waals surface area contributed by atoms with Gasteiger partial charge in [-0.25, -0.2) is 0 Å². The van der Waals surface area contributed by atoms with Gasteiger partial charge in [0.15, 0.2) is 11.6 Å². The predicted molar refractivity (Wildman–Crippen MR) is 76.1 cm³/mol. The van der Waals surface area contributed by atoms with Crippen molar-refractivity contribution in [1.82, 2.24) is 0 Å². The summed E-state index contributed by atoms with van der Waals surface area (Å²) in [6, 6.07) is 17.7. The maximum absolute atomic E-state index is 11.8. The van der Waals surface area contributed by atoms with Crippen LogP contribution in [0.4, 0.5) is 0 Å². The van der Waals surface area contributed by atoms with E-state index in [4.69, 9.17) is 0 Å². The van der Waals surface area contributed by atoms with Gasteiger partial charge in [-0.1, -0.05) is 60.7 Å². The average Bonchev–Trinajstić information content (AvgIpc) is 2.40. The molecule has 0 saturated carbocycles. The van der Waals surface area contributed by atoms with Gasteiger partial charge in [0.25, 0.3) is 0 Å². The van der Waals surface area contributed by atoms with Gasteiger partial charge in [-0.15, -0.1) is 0 Å². The summed E-state index contributed by atoms with van der Waals surface area (Å²) >= 11 is 0. The molecular weight excluding hydrogens is 327 g/mol. The third-order valence-electron chi connectivity index (χ3n) is 2.51. The summed E-state index contributed by atoms with van der Waals surface area (Å²) in [6.07, 6.45) is -0.0754. The number of hydrogen-bond donors (Lipinski definition) is 0. The van der Waals surface area contributed by atoms with Crippen LogP contribution in [0, 0.1) is 0 Å². The van der Waals surface area contributed by atoms with E-state index in [0.29, 0.717) is 11.1 Å². The Bertz CT molecular complexity index is 471. The summed E-state index contributed by atoms with van der Waals surface area (Å²) in [5.74, 6) is -0.279. The second kappa shape index (κ2) is 7.17. The zero-order valence-electron chi connectivity index (χ0n) is 9.30. The molecule has 0 amide bonds. The zero-order valence-corrected chi connectivity index (χ0v) is 9.30. The van der Waals surface area contributed by atoms with E-state index in [2.05, 4.69) is 0 Å². The van der Waals surface area contributed by atoms with Crippen LogP contribution in [-0.2, 0) is 0 Å². The predicted octanol–water partition coefficient (Wildman–Crippen LogP) is 1.96. The first-order valence-corrected chi connectivity index (χ1v) is 5.44. The van der Waals surface area contributed by atoms with Gasteiger partial charge in [0.05, 0.1) is 6.42 Å². The number of Topliss-reactive ketones (excluding diaryl/α,β-unsaturated/α-hetero) is 2. The van der Waals surface area contributed by atoms with Crippen LogP contribution in [0.1, 0.15) is 27.1 Å². The van der Waals surface area contributed by atoms with Crippen molar-refractivity contribution in [3.05, 3.63) is 71.8 Å². The summed E-state index contributed by atoms with van der Waals surface area (Å²) in [7, 11) is 0. The van der Waals surface area contributed by atoms with E-state index in [1.54, 1.807) is 48.5 Å². The van der Waals surface area contributed by atoms with Gasteiger partial charge < -0.3 is 0 Å². The Kier molecular flexibility index (Phi) is 5.86. The van der Waals surface area contributed by atoms with Gasteiger partial charge in [0.1, 0.15) is 0 Å². The number of rotatable bonds is 4. The molecule has 2 aromatic rings. The molecule has 2 aromatic carbocycles. The van der Waals surface area contributed by atoms with Gasteiger partial charge in [0, 0.05) is 11.1 Å². The molecule has 0 heterocycles. The molecule has 0 bridgehead atoms. The zero-order chi connectivity index (χ0) is 12.1. The topological polar surface area (TPSA) is 34.1 Å². The Morgan fingerprint density at radius 3 is 1.33 bits per heavy atom. The van der Waals surface area contributed by atoms with Crippen LogP contribution in [0.5, 0.6) is 0 Å². The van der Waals surface area contributed by atoms with Crippen LogP contribution in [0.2, 0.25) is 0 Å². The van der Waals surface area contributed by atoms with Crippen LogP contribution < -0.4 is 0 Å². The second-order valence-corrected chi connectivity index (χ2v) is 3.76. The first-order valence-electron chi connectivity index (χ1n) is 5.44. The molecule has 0 aliphatic carbocycles. The fourth-order valence-corrected chi connectivity index (χ4v) is 1.60. The van der Waals surface area contributed by atoms with E-state index in [1.165, 1.54) is 0 Å². The van der Waals surface area contributed by atoms with Crippen molar-refractivity contribution in [2.75, 3.05) is 0 Å². The minimum absolute atomic E-state index is 0. The molecule has 0 unspecified atom stereocenters. The molecule has 0 aliphatic rings. The van der Waals surface area contributed by atoms with E-state index in [9.17, 15) is 9.59 Å². The minimum atomic E-state index is -0.139. The van der Waals surface area contributed by atoms with Crippen LogP contribution >= 0.6 is 0 Å². The molecule has 90 valence electrons. The Labute approximate surface area is 125 Å². The van der Waals surface area contributed by atoms with E-state index < -0.39 is 0 Å². The molecular formula is C15H15InO2. The van der Waals surface area contributed by atoms with Crippen molar-refractivity contribution in [3.8, 4) is 0 Å². The SMILES string of the molecule is O=C(CC(=O)c1ccccc1)c1ccccc1.[InH3]. The summed E-state index contributed by atoms with van der Waals surface area (Å²) in [4.78, 5) is 23.6. The average molecular weight is 342 g/mol. The van der Waals surface area contributed by atoms with E-state index in [-0.39, 0.29) is 43.8 Å². The van der Waals surface area contributed by atoms with E-state index in [0.717, 1.165) is 0 Å². The molecule has 0 spiro atoms. The monoisotopic (exact) mass is 342 g/mol. The van der Waals surface area contributed by atoms with Gasteiger partial charge >= 0.3 is 25.8 Å². The summed E-state index contributed by atoms with van der Waals surface area (Å²) < 4.78 is 0. The van der Waals surface area contributed by atoms with Gasteiger partial charge in [-0.3, -0.25) is 9.59 Å². The fraction of sp³-hybridized carbons (Fsp3) is 0.0667. The number of benzene rings is 2. The third-order valence-corrected chi connectivity index (χ3v) is 2.51. The van der Waals surface area contributed by atoms with Gasteiger partial charge in [0.2, 0.25) is 0 Å². The van der Waals surface area contributed by atoms with Crippen molar-refractivity contribution in [2.24, 2.45) is 0 Å². The number of ketones is 2. The molecule has 0 aliphatic heterocycles. The third kappa shape index (κ3) is 3.84. The Morgan fingerprint density at radius 1 is 0.667 bits per heavy atom. The number of hydrogen-bond acceptors (Lipinski definition) is 2. The molecule has 18 heavy (non-hydrogen) atoms. The Morgan fingerprint density at radius 2 is 1.00 bits per heavy atom. The summed E-state index contributed by atoms with van der Waals surface area (Å²) in [5, 5.41) is 0. The number of carbonyl (C=O) groups is 2. The van der Waals surface area contributed by atoms with Crippen LogP contribution in [0.25, 0.3) is 0 Å². The molecule has 3 heteroatoms. The summed E-state index contributed by atoms with van der Waals surface area (Å²) in [5.41, 5.74) is 1.16. The molecule has 2 nitrogen and oxygen atoms in total. The van der Waals surface area contributed by atoms with Crippen molar-refractivity contribution in [2.45, 2.75) is 6.42 Å². The maximum atomic E-state index is 11.8. The molecule has 0 atom stereocenters. The van der Waals surface area contributed by atoms with Crippen LogP contribution in [0.3, 0.4) is 0 Å². The van der Waals surface area contributed by atoms with Gasteiger partial charge in [-0.05, 0) is 0 Å². The normalized spacial score (nSPS) is 9.33. The quantitative estimate of drug-likeness (QED) is 0.629.